The van der Waals surface area contributed by atoms with Crippen molar-refractivity contribution in [3.8, 4) is 11.5 Å². The Balaban J connectivity index is 2.19. The van der Waals surface area contributed by atoms with Gasteiger partial charge in [0.15, 0.2) is 0 Å². The monoisotopic (exact) mass is 624 g/mol. The van der Waals surface area contributed by atoms with Crippen molar-refractivity contribution < 1.29 is 8.85 Å². The third kappa shape index (κ3) is 8.11. The van der Waals surface area contributed by atoms with Crippen LogP contribution < -0.4 is 8.85 Å². The maximum absolute atomic E-state index is 6.47. The van der Waals surface area contributed by atoms with E-state index in [1.165, 1.54) is 11.1 Å². The molecular weight excluding hydrogens is 584 g/mol. The predicted molar refractivity (Wildman–Crippen MR) is 161 cm³/mol. The summed E-state index contributed by atoms with van der Waals surface area (Å²) in [5, 5.41) is 0.363. The molecule has 0 amide bonds. The van der Waals surface area contributed by atoms with Crippen LogP contribution in [0.15, 0.2) is 58.0 Å². The zero-order valence-corrected chi connectivity index (χ0v) is 27.7. The molecule has 0 aromatic heterocycles. The number of hydrogen-bond donors (Lipinski definition) is 0. The number of hydrogen-bond acceptors (Lipinski definition) is 2. The summed E-state index contributed by atoms with van der Waals surface area (Å²) in [6.07, 6.45) is 3.12. The molecule has 6 heteroatoms. The van der Waals surface area contributed by atoms with Crippen LogP contribution in [-0.2, 0) is 6.42 Å². The molecule has 0 heterocycles. The van der Waals surface area contributed by atoms with Gasteiger partial charge in [-0.2, -0.15) is 0 Å². The molecular formula is C28H42Br2O2Si2. The maximum atomic E-state index is 6.47. The number of allylic oxidation sites excluding steroid dienone is 1. The molecule has 2 rings (SSSR count). The smallest absolute Gasteiger partial charge is 0.250 e. The minimum absolute atomic E-state index is 0.179. The van der Waals surface area contributed by atoms with Crippen LogP contribution in [0, 0.1) is 0 Å². The lowest BCUT2D eigenvalue weighted by Crippen LogP contribution is -2.43. The van der Waals surface area contributed by atoms with Crippen molar-refractivity contribution in [3.05, 3.63) is 69.1 Å². The summed E-state index contributed by atoms with van der Waals surface area (Å²) in [6.45, 7) is 22.8. The van der Waals surface area contributed by atoms with Crippen LogP contribution in [0.2, 0.25) is 36.3 Å². The first-order valence-corrected chi connectivity index (χ1v) is 19.4. The Labute approximate surface area is 227 Å². The molecule has 188 valence electrons. The highest BCUT2D eigenvalue weighted by Gasteiger charge is 2.39. The molecule has 0 spiro atoms. The van der Waals surface area contributed by atoms with Gasteiger partial charge in [-0.15, -0.1) is 0 Å². The fraction of sp³-hybridized carbons (Fsp3) is 0.500. The molecule has 0 radical (unpaired) electrons. The van der Waals surface area contributed by atoms with E-state index in [-0.39, 0.29) is 16.0 Å². The third-order valence-electron chi connectivity index (χ3n) is 7.37. The highest BCUT2D eigenvalue weighted by Crippen LogP contribution is 2.39. The fourth-order valence-electron chi connectivity index (χ4n) is 3.05. The number of rotatable bonds is 8. The average molecular weight is 627 g/mol. The van der Waals surface area contributed by atoms with E-state index in [1.807, 2.05) is 0 Å². The van der Waals surface area contributed by atoms with E-state index in [0.717, 1.165) is 21.3 Å². The normalized spacial score (nSPS) is 13.9. The average Bonchev–Trinajstić information content (AvgIpc) is 2.67. The van der Waals surface area contributed by atoms with Gasteiger partial charge in [0, 0.05) is 5.92 Å². The molecule has 0 aliphatic carbocycles. The molecule has 0 bridgehead atoms. The van der Waals surface area contributed by atoms with Crippen LogP contribution >= 0.6 is 31.9 Å². The van der Waals surface area contributed by atoms with Crippen LogP contribution in [-0.4, -0.2) is 16.6 Å². The molecule has 0 aliphatic rings. The van der Waals surface area contributed by atoms with Gasteiger partial charge in [0.05, 0.1) is 3.39 Å². The molecule has 2 aromatic rings. The quantitative estimate of drug-likeness (QED) is 0.272. The molecule has 0 aliphatic heterocycles. The highest BCUT2D eigenvalue weighted by molar-refractivity contribution is 9.28. The van der Waals surface area contributed by atoms with Gasteiger partial charge < -0.3 is 8.85 Å². The second-order valence-corrected chi connectivity index (χ2v) is 24.4. The first-order valence-electron chi connectivity index (χ1n) is 12.0. The summed E-state index contributed by atoms with van der Waals surface area (Å²) in [6, 6.07) is 17.3. The minimum atomic E-state index is -1.85. The molecule has 1 atom stereocenters. The standard InChI is InChI=1S/C28H42Br2O2Si2/c1-27(2,3)33(7,8)31-24-15-11-21(12-16-24)19-23(20-26(29)30)22-13-17-25(18-14-22)32-34(9,10)28(4,5)6/h11-18,20,23H,19H2,1-10H3. The summed E-state index contributed by atoms with van der Waals surface area (Å²) in [4.78, 5) is 0. The number of halogens is 2. The summed E-state index contributed by atoms with van der Waals surface area (Å²) in [5.41, 5.74) is 2.55. The Kier molecular flexibility index (Phi) is 9.56. The van der Waals surface area contributed by atoms with E-state index in [4.69, 9.17) is 8.85 Å². The van der Waals surface area contributed by atoms with Crippen molar-refractivity contribution in [2.24, 2.45) is 0 Å². The SMILES string of the molecule is CC(C)(C)[Si](C)(C)Oc1ccc(CC(C=C(Br)Br)c2ccc(O[Si](C)(C)C(C)(C)C)cc2)cc1. The van der Waals surface area contributed by atoms with Gasteiger partial charge in [0.25, 0.3) is 0 Å². The van der Waals surface area contributed by atoms with Gasteiger partial charge in [0.1, 0.15) is 11.5 Å². The van der Waals surface area contributed by atoms with Crippen LogP contribution in [0.25, 0.3) is 0 Å². The predicted octanol–water partition coefficient (Wildman–Crippen LogP) is 10.4. The lowest BCUT2D eigenvalue weighted by molar-refractivity contribution is 0.491. The van der Waals surface area contributed by atoms with E-state index < -0.39 is 16.6 Å². The van der Waals surface area contributed by atoms with Gasteiger partial charge in [-0.25, -0.2) is 0 Å². The molecule has 2 nitrogen and oxygen atoms in total. The second kappa shape index (κ2) is 11.1. The van der Waals surface area contributed by atoms with Gasteiger partial charge in [-0.05, 0) is 110 Å². The molecule has 0 saturated carbocycles. The zero-order valence-electron chi connectivity index (χ0n) is 22.6. The Morgan fingerprint density at radius 2 is 1.12 bits per heavy atom. The Hall–Kier alpha value is -0.826. The zero-order chi connectivity index (χ0) is 25.9. The van der Waals surface area contributed by atoms with Crippen molar-refractivity contribution >= 4 is 48.5 Å². The molecule has 0 saturated heterocycles. The summed E-state index contributed by atoms with van der Waals surface area (Å²) >= 11 is 7.14. The molecule has 2 aromatic carbocycles. The summed E-state index contributed by atoms with van der Waals surface area (Å²) in [7, 11) is -3.68. The van der Waals surface area contributed by atoms with Gasteiger partial charge in [-0.3, -0.25) is 0 Å². The van der Waals surface area contributed by atoms with Crippen molar-refractivity contribution in [3.63, 3.8) is 0 Å². The summed E-state index contributed by atoms with van der Waals surface area (Å²) in [5.74, 6) is 2.17. The summed E-state index contributed by atoms with van der Waals surface area (Å²) < 4.78 is 13.9. The van der Waals surface area contributed by atoms with Crippen molar-refractivity contribution in [1.82, 2.24) is 0 Å². The van der Waals surface area contributed by atoms with Gasteiger partial charge in [-0.1, -0.05) is 71.9 Å². The van der Waals surface area contributed by atoms with Gasteiger partial charge in [0.2, 0.25) is 16.6 Å². The molecule has 0 fully saturated rings. The topological polar surface area (TPSA) is 18.5 Å². The largest absolute Gasteiger partial charge is 0.544 e. The van der Waals surface area contributed by atoms with Crippen LogP contribution in [0.3, 0.4) is 0 Å². The van der Waals surface area contributed by atoms with Crippen molar-refractivity contribution in [2.75, 3.05) is 0 Å². The minimum Gasteiger partial charge on any atom is -0.544 e. The fourth-order valence-corrected chi connectivity index (χ4v) is 5.75. The van der Waals surface area contributed by atoms with Gasteiger partial charge >= 0.3 is 0 Å². The Morgan fingerprint density at radius 3 is 1.47 bits per heavy atom. The van der Waals surface area contributed by atoms with E-state index in [0.29, 0.717) is 0 Å². The molecule has 0 N–H and O–H groups in total. The van der Waals surface area contributed by atoms with Crippen LogP contribution in [0.4, 0.5) is 0 Å². The first-order chi connectivity index (χ1) is 15.4. The number of benzene rings is 2. The third-order valence-corrected chi connectivity index (χ3v) is 16.6. The molecule has 1 unspecified atom stereocenters. The van der Waals surface area contributed by atoms with E-state index in [1.54, 1.807) is 0 Å². The molecule has 34 heavy (non-hydrogen) atoms. The van der Waals surface area contributed by atoms with Crippen LogP contribution in [0.1, 0.15) is 58.6 Å². The van der Waals surface area contributed by atoms with Crippen molar-refractivity contribution in [2.45, 2.75) is 90.1 Å². The Bertz CT molecular complexity index is 963. The van der Waals surface area contributed by atoms with E-state index >= 15 is 0 Å². The van der Waals surface area contributed by atoms with E-state index in [9.17, 15) is 0 Å². The van der Waals surface area contributed by atoms with Crippen LogP contribution in [0.5, 0.6) is 11.5 Å². The first kappa shape index (κ1) is 29.4. The van der Waals surface area contributed by atoms with E-state index in [2.05, 4.69) is 154 Å². The lowest BCUT2D eigenvalue weighted by Gasteiger charge is -2.36. The maximum Gasteiger partial charge on any atom is 0.250 e. The Morgan fingerprint density at radius 1 is 0.735 bits per heavy atom. The highest BCUT2D eigenvalue weighted by atomic mass is 79.9. The lowest BCUT2D eigenvalue weighted by atomic mass is 9.92. The second-order valence-electron chi connectivity index (χ2n) is 12.2. The van der Waals surface area contributed by atoms with Crippen molar-refractivity contribution in [1.29, 1.82) is 0 Å².